The average molecular weight is 296 g/mol. The highest BCUT2D eigenvalue weighted by Crippen LogP contribution is 2.30. The van der Waals surface area contributed by atoms with Crippen molar-refractivity contribution in [3.05, 3.63) is 0 Å². The van der Waals surface area contributed by atoms with Crippen LogP contribution in [0.5, 0.6) is 0 Å². The van der Waals surface area contributed by atoms with Gasteiger partial charge in [-0.25, -0.2) is 9.59 Å². The fraction of sp³-hybridized carbons (Fsp3) is 0.833. The highest BCUT2D eigenvalue weighted by Gasteiger charge is 2.58. The van der Waals surface area contributed by atoms with Gasteiger partial charge < -0.3 is 15.7 Å². The minimum Gasteiger partial charge on any atom is -0.479 e. The topological polar surface area (TPSA) is 78.4 Å². The number of carboxylic acids is 1. The van der Waals surface area contributed by atoms with Gasteiger partial charge in [-0.1, -0.05) is 19.3 Å². The van der Waals surface area contributed by atoms with Crippen LogP contribution in [0.4, 0.5) is 18.0 Å². The van der Waals surface area contributed by atoms with Crippen LogP contribution in [0.15, 0.2) is 0 Å². The molecule has 0 aliphatic heterocycles. The minimum atomic E-state index is -5.07. The van der Waals surface area contributed by atoms with Gasteiger partial charge >= 0.3 is 18.2 Å². The van der Waals surface area contributed by atoms with Crippen LogP contribution >= 0.6 is 0 Å². The van der Waals surface area contributed by atoms with Crippen molar-refractivity contribution in [2.24, 2.45) is 5.92 Å². The lowest BCUT2D eigenvalue weighted by Crippen LogP contribution is -2.63. The van der Waals surface area contributed by atoms with Gasteiger partial charge in [0.05, 0.1) is 0 Å². The van der Waals surface area contributed by atoms with Gasteiger partial charge in [-0.3, -0.25) is 0 Å². The number of carbonyl (C=O) groups is 2. The third-order valence-corrected chi connectivity index (χ3v) is 3.63. The van der Waals surface area contributed by atoms with E-state index in [2.05, 4.69) is 5.32 Å². The number of aliphatic carboxylic acids is 1. The van der Waals surface area contributed by atoms with E-state index in [0.717, 1.165) is 32.1 Å². The van der Waals surface area contributed by atoms with Crippen LogP contribution in [0, 0.1) is 5.92 Å². The van der Waals surface area contributed by atoms with E-state index >= 15 is 0 Å². The molecule has 2 amide bonds. The molecule has 3 N–H and O–H groups in total. The summed E-state index contributed by atoms with van der Waals surface area (Å²) in [6.07, 6.45) is 0.00703. The van der Waals surface area contributed by atoms with Crippen LogP contribution in [-0.2, 0) is 4.79 Å². The van der Waals surface area contributed by atoms with Gasteiger partial charge in [-0.15, -0.1) is 0 Å². The number of amides is 2. The zero-order valence-corrected chi connectivity index (χ0v) is 11.2. The van der Waals surface area contributed by atoms with Crippen molar-refractivity contribution >= 4 is 12.0 Å². The maximum Gasteiger partial charge on any atom is 0.422 e. The Morgan fingerprint density at radius 3 is 2.20 bits per heavy atom. The Labute approximate surface area is 114 Å². The Bertz CT molecular complexity index is 367. The molecule has 0 aromatic heterocycles. The van der Waals surface area contributed by atoms with Crippen LogP contribution in [0.25, 0.3) is 0 Å². The molecule has 1 rings (SSSR count). The smallest absolute Gasteiger partial charge is 0.422 e. The summed E-state index contributed by atoms with van der Waals surface area (Å²) in [6.45, 7) is 0.689. The van der Waals surface area contributed by atoms with Gasteiger partial charge in [0, 0.05) is 6.54 Å². The first-order valence-electron chi connectivity index (χ1n) is 6.53. The van der Waals surface area contributed by atoms with E-state index in [4.69, 9.17) is 5.11 Å². The molecule has 1 aliphatic carbocycles. The maximum atomic E-state index is 12.7. The van der Waals surface area contributed by atoms with Crippen molar-refractivity contribution in [2.75, 3.05) is 6.54 Å². The lowest BCUT2D eigenvalue weighted by molar-refractivity contribution is -0.203. The summed E-state index contributed by atoms with van der Waals surface area (Å²) in [5, 5.41) is 12.5. The van der Waals surface area contributed by atoms with E-state index in [1.807, 2.05) is 0 Å². The summed E-state index contributed by atoms with van der Waals surface area (Å²) in [5.41, 5.74) is -3.29. The Balaban J connectivity index is 2.52. The van der Waals surface area contributed by atoms with Crippen molar-refractivity contribution in [3.63, 3.8) is 0 Å². The van der Waals surface area contributed by atoms with Gasteiger partial charge in [0.15, 0.2) is 0 Å². The molecule has 5 nitrogen and oxygen atoms in total. The number of carbonyl (C=O) groups excluding carboxylic acids is 1. The first-order chi connectivity index (χ1) is 9.17. The monoisotopic (exact) mass is 296 g/mol. The Morgan fingerprint density at radius 2 is 1.75 bits per heavy atom. The van der Waals surface area contributed by atoms with Crippen molar-refractivity contribution < 1.29 is 27.9 Å². The molecular weight excluding hydrogens is 277 g/mol. The maximum absolute atomic E-state index is 12.7. The number of alkyl halides is 3. The van der Waals surface area contributed by atoms with Gasteiger partial charge in [0.1, 0.15) is 0 Å². The van der Waals surface area contributed by atoms with Crippen LogP contribution in [0.3, 0.4) is 0 Å². The summed E-state index contributed by atoms with van der Waals surface area (Å²) < 4.78 is 38.1. The van der Waals surface area contributed by atoms with E-state index in [1.165, 1.54) is 5.32 Å². The molecule has 0 bridgehead atoms. The van der Waals surface area contributed by atoms with E-state index in [-0.39, 0.29) is 12.5 Å². The Kier molecular flexibility index (Phi) is 5.24. The van der Waals surface area contributed by atoms with E-state index in [9.17, 15) is 22.8 Å². The van der Waals surface area contributed by atoms with E-state index in [0.29, 0.717) is 6.92 Å². The Hall–Kier alpha value is -1.47. The molecule has 1 atom stereocenters. The third kappa shape index (κ3) is 4.01. The Morgan fingerprint density at radius 1 is 1.20 bits per heavy atom. The standard InChI is InChI=1S/C12H19F3N2O3/c1-11(9(18)19,12(13,14)15)17-10(20)16-7-8-5-3-2-4-6-8/h8H,2-7H2,1H3,(H,18,19)(H2,16,17,20). The molecule has 1 fully saturated rings. The number of urea groups is 1. The lowest BCUT2D eigenvalue weighted by Gasteiger charge is -2.29. The summed E-state index contributed by atoms with van der Waals surface area (Å²) >= 11 is 0. The van der Waals surface area contributed by atoms with Crippen LogP contribution < -0.4 is 10.6 Å². The van der Waals surface area contributed by atoms with Crippen LogP contribution in [-0.4, -0.2) is 35.4 Å². The molecule has 8 heteroatoms. The largest absolute Gasteiger partial charge is 0.479 e. The summed E-state index contributed by atoms with van der Waals surface area (Å²) in [5.74, 6) is -1.89. The highest BCUT2D eigenvalue weighted by molar-refractivity contribution is 5.86. The molecule has 0 radical (unpaired) electrons. The predicted octanol–water partition coefficient (Wildman–Crippen LogP) is 2.27. The number of hydrogen-bond acceptors (Lipinski definition) is 2. The molecule has 1 aliphatic rings. The molecule has 0 heterocycles. The zero-order valence-electron chi connectivity index (χ0n) is 11.2. The lowest BCUT2D eigenvalue weighted by atomic mass is 9.89. The average Bonchev–Trinajstić information content (AvgIpc) is 2.36. The third-order valence-electron chi connectivity index (χ3n) is 3.63. The summed E-state index contributed by atoms with van der Waals surface area (Å²) in [7, 11) is 0. The van der Waals surface area contributed by atoms with Crippen molar-refractivity contribution in [3.8, 4) is 0 Å². The molecule has 0 aromatic rings. The molecule has 1 unspecified atom stereocenters. The van der Waals surface area contributed by atoms with Gasteiger partial charge in [0.25, 0.3) is 0 Å². The second-order valence-electron chi connectivity index (χ2n) is 5.27. The first-order valence-corrected chi connectivity index (χ1v) is 6.53. The molecule has 0 spiro atoms. The quantitative estimate of drug-likeness (QED) is 0.744. The molecule has 1 saturated carbocycles. The SMILES string of the molecule is CC(NC(=O)NCC1CCCCC1)(C(=O)O)C(F)(F)F. The molecule has 116 valence electrons. The van der Waals surface area contributed by atoms with E-state index in [1.54, 1.807) is 0 Å². The predicted molar refractivity (Wildman–Crippen MR) is 65.2 cm³/mol. The van der Waals surface area contributed by atoms with E-state index < -0.39 is 23.7 Å². The number of carboxylic acid groups (broad SMARTS) is 1. The second kappa shape index (κ2) is 6.32. The van der Waals surface area contributed by atoms with Gasteiger partial charge in [0.2, 0.25) is 5.54 Å². The number of halogens is 3. The molecule has 20 heavy (non-hydrogen) atoms. The van der Waals surface area contributed by atoms with Crippen LogP contribution in [0.1, 0.15) is 39.0 Å². The van der Waals surface area contributed by atoms with Crippen molar-refractivity contribution in [1.82, 2.24) is 10.6 Å². The minimum absolute atomic E-state index is 0.247. The zero-order chi connectivity index (χ0) is 15.4. The molecular formula is C12H19F3N2O3. The normalized spacial score (nSPS) is 20.0. The van der Waals surface area contributed by atoms with Gasteiger partial charge in [-0.05, 0) is 25.7 Å². The fourth-order valence-electron chi connectivity index (χ4n) is 2.15. The second-order valence-corrected chi connectivity index (χ2v) is 5.27. The van der Waals surface area contributed by atoms with Crippen molar-refractivity contribution in [2.45, 2.75) is 50.7 Å². The van der Waals surface area contributed by atoms with Crippen LogP contribution in [0.2, 0.25) is 0 Å². The number of nitrogens with one attached hydrogen (secondary N) is 2. The summed E-state index contributed by atoms with van der Waals surface area (Å²) in [4.78, 5) is 22.2. The summed E-state index contributed by atoms with van der Waals surface area (Å²) in [6, 6.07) is -1.11. The number of rotatable bonds is 4. The highest BCUT2D eigenvalue weighted by atomic mass is 19.4. The van der Waals surface area contributed by atoms with Gasteiger partial charge in [-0.2, -0.15) is 13.2 Å². The molecule has 0 saturated heterocycles. The number of hydrogen-bond donors (Lipinski definition) is 3. The molecule has 0 aromatic carbocycles. The first kappa shape index (κ1) is 16.6. The fourth-order valence-corrected chi connectivity index (χ4v) is 2.15. The van der Waals surface area contributed by atoms with Crippen molar-refractivity contribution in [1.29, 1.82) is 0 Å².